The summed E-state index contributed by atoms with van der Waals surface area (Å²) in [4.78, 5) is 33.7. The van der Waals surface area contributed by atoms with Crippen LogP contribution in [0.1, 0.15) is 41.0 Å². The minimum Gasteiger partial charge on any atom is -0.495 e. The monoisotopic (exact) mass is 999 g/mol. The largest absolute Gasteiger partial charge is 0.792 e. The highest BCUT2D eigenvalue weighted by Crippen LogP contribution is 2.32. The Kier molecular flexibility index (Phi) is 19.1. The van der Waals surface area contributed by atoms with Crippen molar-refractivity contribution in [1.82, 2.24) is 30.1 Å². The van der Waals surface area contributed by atoms with Crippen molar-refractivity contribution in [3.8, 4) is 29.0 Å². The van der Waals surface area contributed by atoms with Gasteiger partial charge in [-0.1, -0.05) is 12.0 Å². The van der Waals surface area contributed by atoms with Crippen LogP contribution >= 0.6 is 0 Å². The number of halogens is 5. The quantitative estimate of drug-likeness (QED) is 0.0162. The number of H-pyrrole nitrogens is 2. The second-order valence-corrected chi connectivity index (χ2v) is 17.1. The number of amides is 2. The fourth-order valence-corrected chi connectivity index (χ4v) is 8.27. The molecule has 5 aromatic rings. The Labute approximate surface area is 415 Å². The molecule has 0 spiro atoms. The van der Waals surface area contributed by atoms with E-state index in [0.717, 1.165) is 21.6 Å². The third kappa shape index (κ3) is 15.1. The summed E-state index contributed by atoms with van der Waals surface area (Å²) < 4.78 is 94.7. The molecule has 6 N–H and O–H groups in total. The van der Waals surface area contributed by atoms with E-state index in [1.54, 1.807) is 48.5 Å². The van der Waals surface area contributed by atoms with Crippen molar-refractivity contribution in [2.24, 2.45) is 0 Å². The number of allylic oxidation sites excluding steroid dienone is 2. The lowest BCUT2D eigenvalue weighted by Gasteiger charge is -2.33. The van der Waals surface area contributed by atoms with Crippen molar-refractivity contribution in [2.45, 2.75) is 44.2 Å². The maximum atomic E-state index is 14.9. The van der Waals surface area contributed by atoms with Crippen LogP contribution in [0.5, 0.6) is 5.75 Å². The van der Waals surface area contributed by atoms with Crippen LogP contribution < -0.4 is 26.0 Å². The SMILES string of the molecule is COc1cc(C(=O)NCCOCCOCCOCCNC(=O)CCC2=[N+]([B]F)/C(=C\c3ccc(-c4ccc[nH]4)[nH]3)C=C2)ccc1NCC#Cc1cc2c(NC3CCN(C)CC3F)cccc2n1CC(F)(F)F. The van der Waals surface area contributed by atoms with Crippen molar-refractivity contribution in [1.29, 1.82) is 0 Å². The zero-order valence-corrected chi connectivity index (χ0v) is 40.2. The molecular weight excluding hydrogens is 940 g/mol. The van der Waals surface area contributed by atoms with Gasteiger partial charge in [0.1, 0.15) is 18.5 Å². The number of nitrogens with one attached hydrogen (secondary N) is 6. The van der Waals surface area contributed by atoms with Crippen molar-refractivity contribution in [3.63, 3.8) is 0 Å². The number of fused-ring (bicyclic) bond motifs is 1. The summed E-state index contributed by atoms with van der Waals surface area (Å²) in [6.07, 6.45) is 2.76. The lowest BCUT2D eigenvalue weighted by atomic mass is 10.0. The van der Waals surface area contributed by atoms with E-state index < -0.39 is 24.9 Å². The molecule has 2 unspecified atom stereocenters. The van der Waals surface area contributed by atoms with E-state index in [1.165, 1.54) is 11.6 Å². The van der Waals surface area contributed by atoms with E-state index in [2.05, 4.69) is 43.1 Å². The molecule has 3 aromatic heterocycles. The number of aromatic nitrogens is 3. The lowest BCUT2D eigenvalue weighted by Crippen LogP contribution is -2.46. The standard InChI is InChI=1S/C51H59BF5N9O6/c1-64-23-18-43(41(53)33-64)63-42-7-3-9-47-40(42)32-38(65(47)34-51(54,55)56)6-4-19-59-46-15-10-35(30-48(46)69-2)50(68)61-22-25-71-27-29-72-28-26-70-24-21-60-49(67)17-14-37-12-13-39(66(37)52-57)31-36-11-16-45(62-36)44-8-5-20-58-44/h3,5,7-13,15-16,20,30-32,41,43,58-59,62-63H,14,17-19,21-29,33-34H2,1-2H3,(H,60,67)(H,61,68)/q+1. The second kappa shape index (κ2) is 26.0. The Morgan fingerprint density at radius 3 is 2.43 bits per heavy atom. The Balaban J connectivity index is 0.746. The number of hydrogen-bond donors (Lipinski definition) is 6. The molecule has 5 heterocycles. The molecule has 1 radical (unpaired) electrons. The summed E-state index contributed by atoms with van der Waals surface area (Å²) in [6, 6.07) is 18.7. The lowest BCUT2D eigenvalue weighted by molar-refractivity contribution is -0.319. The van der Waals surface area contributed by atoms with Crippen LogP contribution in [0.3, 0.4) is 0 Å². The number of carbonyl (C=O) groups is 2. The van der Waals surface area contributed by atoms with Crippen LogP contribution in [-0.2, 0) is 25.5 Å². The molecule has 2 aromatic carbocycles. The number of methoxy groups -OCH3 is 1. The van der Waals surface area contributed by atoms with E-state index >= 15 is 0 Å². The van der Waals surface area contributed by atoms with Crippen LogP contribution in [0, 0.1) is 11.8 Å². The van der Waals surface area contributed by atoms with Gasteiger partial charge in [0, 0.05) is 85.8 Å². The van der Waals surface area contributed by atoms with Gasteiger partial charge in [0.25, 0.3) is 5.91 Å². The molecule has 1 saturated heterocycles. The van der Waals surface area contributed by atoms with Gasteiger partial charge in [-0.05, 0) is 80.1 Å². The van der Waals surface area contributed by atoms with Gasteiger partial charge in [-0.3, -0.25) is 9.59 Å². The van der Waals surface area contributed by atoms with Gasteiger partial charge in [-0.2, -0.15) is 13.2 Å². The van der Waals surface area contributed by atoms with Crippen molar-refractivity contribution in [2.75, 3.05) is 97.2 Å². The van der Waals surface area contributed by atoms with Crippen molar-refractivity contribution in [3.05, 3.63) is 108 Å². The first-order chi connectivity index (χ1) is 34.9. The molecule has 0 saturated carbocycles. The van der Waals surface area contributed by atoms with Gasteiger partial charge in [0.2, 0.25) is 5.91 Å². The van der Waals surface area contributed by atoms with Crippen LogP contribution in [0.4, 0.5) is 33.3 Å². The van der Waals surface area contributed by atoms with E-state index in [-0.39, 0.29) is 50.2 Å². The number of piperidine rings is 1. The molecule has 0 bridgehead atoms. The third-order valence-electron chi connectivity index (χ3n) is 11.9. The average Bonchev–Trinajstić information content (AvgIpc) is 4.20. The number of benzene rings is 2. The smallest absolute Gasteiger partial charge is 0.495 e. The zero-order valence-electron chi connectivity index (χ0n) is 40.2. The molecule has 2 amide bonds. The Hall–Kier alpha value is -6.86. The summed E-state index contributed by atoms with van der Waals surface area (Å²) in [5.41, 5.74) is 5.91. The molecule has 21 heteroatoms. The van der Waals surface area contributed by atoms with E-state index in [4.69, 9.17) is 18.9 Å². The van der Waals surface area contributed by atoms with Gasteiger partial charge < -0.3 is 59.6 Å². The number of alkyl halides is 4. The number of aromatic amines is 2. The van der Waals surface area contributed by atoms with Gasteiger partial charge in [-0.15, -0.1) is 0 Å². The van der Waals surface area contributed by atoms with Gasteiger partial charge in [0.15, 0.2) is 11.4 Å². The molecule has 1 fully saturated rings. The van der Waals surface area contributed by atoms with Crippen molar-refractivity contribution >= 4 is 53.6 Å². The van der Waals surface area contributed by atoms with E-state index in [0.29, 0.717) is 112 Å². The minimum absolute atomic E-state index is 0.0583. The molecular formula is C51H59BF5N9O6+. The normalized spacial score (nSPS) is 16.5. The fraction of sp³-hybridized carbons (Fsp3) is 0.392. The molecule has 2 aliphatic rings. The minimum atomic E-state index is -4.50. The zero-order chi connectivity index (χ0) is 50.9. The van der Waals surface area contributed by atoms with E-state index in [1.807, 2.05) is 54.6 Å². The van der Waals surface area contributed by atoms with Gasteiger partial charge in [-0.25, -0.2) is 13.2 Å². The number of nitrogens with zero attached hydrogens (tertiary/aromatic N) is 3. The summed E-state index contributed by atoms with van der Waals surface area (Å²) in [5.74, 6) is 5.63. The molecule has 72 heavy (non-hydrogen) atoms. The molecule has 0 aliphatic carbocycles. The topological polar surface area (TPSA) is 162 Å². The predicted molar refractivity (Wildman–Crippen MR) is 268 cm³/mol. The highest BCUT2D eigenvalue weighted by Gasteiger charge is 2.32. The van der Waals surface area contributed by atoms with Crippen molar-refractivity contribution < 1.29 is 54.9 Å². The highest BCUT2D eigenvalue weighted by atomic mass is 19.4. The summed E-state index contributed by atoms with van der Waals surface area (Å²) in [6.45, 7) is 2.17. The Morgan fingerprint density at radius 1 is 0.931 bits per heavy atom. The number of likely N-dealkylation sites (tertiary alicyclic amines) is 1. The summed E-state index contributed by atoms with van der Waals surface area (Å²) >= 11 is 0. The van der Waals surface area contributed by atoms with Gasteiger partial charge in [0.05, 0.1) is 87.6 Å². The van der Waals surface area contributed by atoms with Crippen LogP contribution in [0.25, 0.3) is 28.4 Å². The van der Waals surface area contributed by atoms with Crippen LogP contribution in [-0.4, -0.2) is 154 Å². The fourth-order valence-electron chi connectivity index (χ4n) is 8.27. The summed E-state index contributed by atoms with van der Waals surface area (Å²) in [5, 5.41) is 12.5. The maximum Gasteiger partial charge on any atom is 0.792 e. The maximum absolute atomic E-state index is 14.9. The van der Waals surface area contributed by atoms with Crippen LogP contribution in [0.2, 0.25) is 0 Å². The predicted octanol–water partition coefficient (Wildman–Crippen LogP) is 6.70. The number of anilines is 2. The second-order valence-electron chi connectivity index (χ2n) is 17.1. The average molecular weight is 1000 g/mol. The number of rotatable bonds is 25. The Bertz CT molecular complexity index is 2760. The first-order valence-corrected chi connectivity index (χ1v) is 23.7. The molecule has 2 aliphatic heterocycles. The molecule has 15 nitrogen and oxygen atoms in total. The Morgan fingerprint density at radius 2 is 1.71 bits per heavy atom. The van der Waals surface area contributed by atoms with Gasteiger partial charge >= 0.3 is 13.9 Å². The number of ether oxygens (including phenoxy) is 4. The molecule has 7 rings (SSSR count). The van der Waals surface area contributed by atoms with E-state index in [9.17, 15) is 31.5 Å². The number of hydrogen-bond acceptors (Lipinski definition) is 9. The first kappa shape index (κ1) is 53.0. The first-order valence-electron chi connectivity index (χ1n) is 23.7. The van der Waals surface area contributed by atoms with Crippen LogP contribution in [0.15, 0.2) is 90.8 Å². The number of carbonyl (C=O) groups excluding carboxylic acids is 2. The molecule has 2 atom stereocenters. The third-order valence-corrected chi connectivity index (χ3v) is 11.9. The highest BCUT2D eigenvalue weighted by molar-refractivity contribution is 6.19. The molecule has 381 valence electrons. The summed E-state index contributed by atoms with van der Waals surface area (Å²) in [7, 11) is 3.80.